The summed E-state index contributed by atoms with van der Waals surface area (Å²) in [4.78, 5) is 21.1. The van der Waals surface area contributed by atoms with Crippen LogP contribution in [0.2, 0.25) is 0 Å². The normalized spacial score (nSPS) is 14.4. The lowest BCUT2D eigenvalue weighted by molar-refractivity contribution is -0.127. The number of ether oxygens (including phenoxy) is 2. The maximum absolute atomic E-state index is 12.7. The molecule has 1 saturated heterocycles. The molecule has 0 bridgehead atoms. The Kier molecular flexibility index (Phi) is 7.72. The summed E-state index contributed by atoms with van der Waals surface area (Å²) in [6, 6.07) is 19.6. The molecule has 33 heavy (non-hydrogen) atoms. The molecule has 0 unspecified atom stereocenters. The lowest BCUT2D eigenvalue weighted by Crippen LogP contribution is -2.47. The Morgan fingerprint density at radius 2 is 1.85 bits per heavy atom. The molecule has 1 fully saturated rings. The van der Waals surface area contributed by atoms with Gasteiger partial charge in [0.25, 0.3) is 0 Å². The van der Waals surface area contributed by atoms with Crippen molar-refractivity contribution in [1.82, 2.24) is 14.8 Å². The first kappa shape index (κ1) is 22.6. The van der Waals surface area contributed by atoms with Crippen LogP contribution in [-0.2, 0) is 17.9 Å². The fourth-order valence-electron chi connectivity index (χ4n) is 3.84. The van der Waals surface area contributed by atoms with E-state index in [-0.39, 0.29) is 5.91 Å². The molecule has 1 aliphatic rings. The van der Waals surface area contributed by atoms with Gasteiger partial charge < -0.3 is 14.4 Å². The molecule has 2 heterocycles. The average molecular weight is 444 g/mol. The smallest absolute Gasteiger partial charge is 0.246 e. The van der Waals surface area contributed by atoms with E-state index >= 15 is 0 Å². The van der Waals surface area contributed by atoms with Crippen molar-refractivity contribution in [3.8, 4) is 11.5 Å². The van der Waals surface area contributed by atoms with Crippen LogP contribution < -0.4 is 9.47 Å². The number of rotatable bonds is 8. The summed E-state index contributed by atoms with van der Waals surface area (Å²) in [7, 11) is 1.65. The van der Waals surface area contributed by atoms with Gasteiger partial charge in [-0.3, -0.25) is 14.7 Å². The number of aromatic nitrogens is 1. The Hall–Kier alpha value is -3.64. The summed E-state index contributed by atoms with van der Waals surface area (Å²) in [6.07, 6.45) is 7.19. The van der Waals surface area contributed by atoms with E-state index in [2.05, 4.69) is 16.0 Å². The van der Waals surface area contributed by atoms with Crippen LogP contribution >= 0.6 is 0 Å². The molecule has 0 atom stereocenters. The molecule has 0 N–H and O–H groups in total. The molecule has 0 aliphatic carbocycles. The highest BCUT2D eigenvalue weighted by Crippen LogP contribution is 2.23. The van der Waals surface area contributed by atoms with E-state index in [1.165, 1.54) is 5.56 Å². The SMILES string of the molecule is COc1ccc(/C=C/C(=O)N2CCN(Cc3cccnc3)CC2)cc1COc1ccccc1. The minimum Gasteiger partial charge on any atom is -0.496 e. The molecule has 0 spiro atoms. The summed E-state index contributed by atoms with van der Waals surface area (Å²) in [5.41, 5.74) is 3.06. The van der Waals surface area contributed by atoms with E-state index in [1.54, 1.807) is 19.4 Å². The van der Waals surface area contributed by atoms with Gasteiger partial charge in [0.15, 0.2) is 0 Å². The summed E-state index contributed by atoms with van der Waals surface area (Å²) < 4.78 is 11.3. The van der Waals surface area contributed by atoms with E-state index < -0.39 is 0 Å². The summed E-state index contributed by atoms with van der Waals surface area (Å²) >= 11 is 0. The third-order valence-corrected chi connectivity index (χ3v) is 5.67. The topological polar surface area (TPSA) is 54.9 Å². The first-order valence-electron chi connectivity index (χ1n) is 11.1. The van der Waals surface area contributed by atoms with Crippen molar-refractivity contribution in [3.05, 3.63) is 95.8 Å². The monoisotopic (exact) mass is 443 g/mol. The Bertz CT molecular complexity index is 1060. The molecule has 3 aromatic rings. The third-order valence-electron chi connectivity index (χ3n) is 5.67. The molecule has 4 rings (SSSR count). The quantitative estimate of drug-likeness (QED) is 0.492. The van der Waals surface area contributed by atoms with Gasteiger partial charge in [-0.1, -0.05) is 30.3 Å². The Labute approximate surface area is 195 Å². The van der Waals surface area contributed by atoms with Crippen molar-refractivity contribution in [2.24, 2.45) is 0 Å². The number of hydrogen-bond donors (Lipinski definition) is 0. The number of pyridine rings is 1. The maximum atomic E-state index is 12.7. The van der Waals surface area contributed by atoms with E-state index in [0.29, 0.717) is 6.61 Å². The minimum absolute atomic E-state index is 0.0360. The van der Waals surface area contributed by atoms with Gasteiger partial charge in [-0.25, -0.2) is 0 Å². The molecule has 2 aromatic carbocycles. The largest absolute Gasteiger partial charge is 0.496 e. The van der Waals surface area contributed by atoms with Gasteiger partial charge >= 0.3 is 0 Å². The summed E-state index contributed by atoms with van der Waals surface area (Å²) in [5, 5.41) is 0. The highest BCUT2D eigenvalue weighted by atomic mass is 16.5. The number of para-hydroxylation sites is 1. The number of amides is 1. The number of carbonyl (C=O) groups is 1. The zero-order chi connectivity index (χ0) is 22.9. The standard InChI is InChI=1S/C27H29N3O3/c1-32-26-11-9-22(18-24(26)21-33-25-7-3-2-4-8-25)10-12-27(31)30-16-14-29(15-17-30)20-23-6-5-13-28-19-23/h2-13,18-19H,14-17,20-21H2,1H3/b12-10+. The molecule has 6 nitrogen and oxygen atoms in total. The van der Waals surface area contributed by atoms with E-state index in [9.17, 15) is 4.79 Å². The number of carbonyl (C=O) groups excluding carboxylic acids is 1. The molecular weight excluding hydrogens is 414 g/mol. The number of nitrogens with zero attached hydrogens (tertiary/aromatic N) is 3. The first-order valence-corrected chi connectivity index (χ1v) is 11.1. The van der Waals surface area contributed by atoms with Crippen molar-refractivity contribution < 1.29 is 14.3 Å². The van der Waals surface area contributed by atoms with Crippen LogP contribution in [-0.4, -0.2) is 54.0 Å². The predicted molar refractivity (Wildman–Crippen MR) is 129 cm³/mol. The van der Waals surface area contributed by atoms with Crippen molar-refractivity contribution in [2.75, 3.05) is 33.3 Å². The van der Waals surface area contributed by atoms with Crippen LogP contribution in [0.3, 0.4) is 0 Å². The molecule has 0 radical (unpaired) electrons. The summed E-state index contributed by atoms with van der Waals surface area (Å²) in [5.74, 6) is 1.60. The van der Waals surface area contributed by atoms with Crippen LogP contribution in [0.1, 0.15) is 16.7 Å². The van der Waals surface area contributed by atoms with Crippen molar-refractivity contribution in [2.45, 2.75) is 13.2 Å². The highest BCUT2D eigenvalue weighted by molar-refractivity contribution is 5.91. The molecule has 0 saturated carbocycles. The Morgan fingerprint density at radius 3 is 2.58 bits per heavy atom. The fraction of sp³-hybridized carbons (Fsp3) is 0.259. The molecule has 1 aliphatic heterocycles. The number of piperazine rings is 1. The van der Waals surface area contributed by atoms with Crippen LogP contribution in [0.4, 0.5) is 0 Å². The van der Waals surface area contributed by atoms with E-state index in [1.807, 2.05) is 71.8 Å². The lowest BCUT2D eigenvalue weighted by atomic mass is 10.1. The summed E-state index contributed by atoms with van der Waals surface area (Å²) in [6.45, 7) is 4.42. The van der Waals surface area contributed by atoms with Crippen LogP contribution in [0.5, 0.6) is 11.5 Å². The lowest BCUT2D eigenvalue weighted by Gasteiger charge is -2.34. The van der Waals surface area contributed by atoms with Crippen molar-refractivity contribution >= 4 is 12.0 Å². The number of benzene rings is 2. The second kappa shape index (κ2) is 11.3. The highest BCUT2D eigenvalue weighted by Gasteiger charge is 2.19. The van der Waals surface area contributed by atoms with Gasteiger partial charge in [-0.05, 0) is 47.5 Å². The molecule has 1 aromatic heterocycles. The van der Waals surface area contributed by atoms with E-state index in [4.69, 9.17) is 9.47 Å². The minimum atomic E-state index is 0.0360. The molecule has 1 amide bonds. The third kappa shape index (κ3) is 6.43. The number of methoxy groups -OCH3 is 1. The van der Waals surface area contributed by atoms with Crippen LogP contribution in [0.15, 0.2) is 79.1 Å². The van der Waals surface area contributed by atoms with Gasteiger partial charge in [0.2, 0.25) is 5.91 Å². The molecule has 6 heteroatoms. The zero-order valence-corrected chi connectivity index (χ0v) is 18.9. The van der Waals surface area contributed by atoms with Crippen molar-refractivity contribution in [3.63, 3.8) is 0 Å². The van der Waals surface area contributed by atoms with Crippen molar-refractivity contribution in [1.29, 1.82) is 0 Å². The average Bonchev–Trinajstić information content (AvgIpc) is 2.88. The maximum Gasteiger partial charge on any atom is 0.246 e. The van der Waals surface area contributed by atoms with Gasteiger partial charge in [-0.15, -0.1) is 0 Å². The van der Waals surface area contributed by atoms with Gasteiger partial charge in [0.05, 0.1) is 7.11 Å². The fourth-order valence-corrected chi connectivity index (χ4v) is 3.84. The zero-order valence-electron chi connectivity index (χ0n) is 18.9. The van der Waals surface area contributed by atoms with Gasteiger partial charge in [0, 0.05) is 56.8 Å². The number of hydrogen-bond acceptors (Lipinski definition) is 5. The Balaban J connectivity index is 1.32. The van der Waals surface area contributed by atoms with Crippen LogP contribution in [0, 0.1) is 0 Å². The second-order valence-corrected chi connectivity index (χ2v) is 7.97. The molecular formula is C27H29N3O3. The van der Waals surface area contributed by atoms with Gasteiger partial charge in [0.1, 0.15) is 18.1 Å². The van der Waals surface area contributed by atoms with Crippen LogP contribution in [0.25, 0.3) is 6.08 Å². The second-order valence-electron chi connectivity index (χ2n) is 7.97. The van der Waals surface area contributed by atoms with Gasteiger partial charge in [-0.2, -0.15) is 0 Å². The molecule has 170 valence electrons. The van der Waals surface area contributed by atoms with E-state index in [0.717, 1.165) is 55.3 Å². The Morgan fingerprint density at radius 1 is 1.03 bits per heavy atom. The predicted octanol–water partition coefficient (Wildman–Crippen LogP) is 4.03. The first-order chi connectivity index (χ1) is 16.2.